The second-order valence-electron chi connectivity index (χ2n) is 14.1. The lowest BCUT2D eigenvalue weighted by Gasteiger charge is -2.49. The number of allylic oxidation sites excluding steroid dienone is 3. The van der Waals surface area contributed by atoms with Crippen LogP contribution in [0.3, 0.4) is 0 Å². The standard InChI is InChI=1S/C39H48O9/c1-22-20-23(2)39-28(18-19-29-32(39)33(41)24(3)35(36(29)48-39)47-37(42)27-15-9-10-16-27)21-30(44-5)38(43)46-34(22)25(4)45-31(40)17-11-14-26-12-7-6-8-13-26/h6-10,12-13,15,18-20,22,24-25,28-30,32-36,41H,11,14,16-17,21H2,1-5H3/b23-20+/t22-,24-,25-,28-,29-,30+,32+,33-,34+,35-,36-,39+/m1/s1. The van der Waals surface area contributed by atoms with Gasteiger partial charge in [0.15, 0.2) is 6.10 Å². The molecule has 9 nitrogen and oxygen atoms in total. The maximum absolute atomic E-state index is 13.7. The van der Waals surface area contributed by atoms with Crippen LogP contribution in [0.1, 0.15) is 58.9 Å². The first kappa shape index (κ1) is 34.3. The molecule has 1 saturated carbocycles. The molecular formula is C39H48O9. The van der Waals surface area contributed by atoms with Gasteiger partial charge in [-0.2, -0.15) is 0 Å². The third-order valence-electron chi connectivity index (χ3n) is 11.1. The lowest BCUT2D eigenvalue weighted by atomic mass is 9.57. The van der Waals surface area contributed by atoms with Gasteiger partial charge in [-0.05, 0) is 50.7 Å². The summed E-state index contributed by atoms with van der Waals surface area (Å²) in [5.74, 6) is -2.88. The quantitative estimate of drug-likeness (QED) is 0.216. The predicted molar refractivity (Wildman–Crippen MR) is 177 cm³/mol. The molecule has 12 atom stereocenters. The number of ether oxygens (including phenoxy) is 5. The Morgan fingerprint density at radius 3 is 2.62 bits per heavy atom. The van der Waals surface area contributed by atoms with Crippen molar-refractivity contribution < 1.29 is 43.2 Å². The highest BCUT2D eigenvalue weighted by atomic mass is 16.6. The number of aryl methyl sites for hydroxylation is 1. The molecule has 2 aliphatic heterocycles. The summed E-state index contributed by atoms with van der Waals surface area (Å²) in [6.07, 6.45) is 9.68. The fraction of sp³-hybridized carbons (Fsp3) is 0.564. The van der Waals surface area contributed by atoms with Crippen LogP contribution in [0.2, 0.25) is 0 Å². The number of cyclic esters (lactones) is 1. The molecular weight excluding hydrogens is 612 g/mol. The van der Waals surface area contributed by atoms with Crippen LogP contribution >= 0.6 is 0 Å². The summed E-state index contributed by atoms with van der Waals surface area (Å²) in [6.45, 7) is 7.59. The zero-order chi connectivity index (χ0) is 34.2. The third-order valence-corrected chi connectivity index (χ3v) is 11.1. The number of hydrogen-bond acceptors (Lipinski definition) is 9. The van der Waals surface area contributed by atoms with Crippen LogP contribution in [0.4, 0.5) is 0 Å². The Morgan fingerprint density at radius 2 is 1.92 bits per heavy atom. The lowest BCUT2D eigenvalue weighted by molar-refractivity contribution is -0.179. The minimum absolute atomic E-state index is 0.193. The van der Waals surface area contributed by atoms with E-state index in [1.807, 2.05) is 69.3 Å². The van der Waals surface area contributed by atoms with Crippen LogP contribution < -0.4 is 0 Å². The molecule has 2 heterocycles. The van der Waals surface area contributed by atoms with E-state index in [-0.39, 0.29) is 48.4 Å². The monoisotopic (exact) mass is 660 g/mol. The number of aliphatic hydroxyl groups excluding tert-OH is 1. The summed E-state index contributed by atoms with van der Waals surface area (Å²) in [4.78, 5) is 39.7. The van der Waals surface area contributed by atoms with Gasteiger partial charge in [-0.1, -0.05) is 80.6 Å². The number of carbonyl (C=O) groups excluding carboxylic acids is 3. The molecule has 6 rings (SSSR count). The smallest absolute Gasteiger partial charge is 0.335 e. The largest absolute Gasteiger partial charge is 0.459 e. The van der Waals surface area contributed by atoms with Crippen molar-refractivity contribution in [2.24, 2.45) is 29.6 Å². The van der Waals surface area contributed by atoms with Gasteiger partial charge in [0.05, 0.1) is 6.10 Å². The number of hydrogen-bond donors (Lipinski definition) is 1. The van der Waals surface area contributed by atoms with Gasteiger partial charge >= 0.3 is 17.9 Å². The van der Waals surface area contributed by atoms with Crippen LogP contribution in [0.15, 0.2) is 77.9 Å². The Kier molecular flexibility index (Phi) is 10.1. The molecule has 1 aromatic rings. The van der Waals surface area contributed by atoms with Crippen LogP contribution in [-0.2, 0) is 44.5 Å². The number of benzene rings is 1. The van der Waals surface area contributed by atoms with Gasteiger partial charge in [-0.25, -0.2) is 9.59 Å². The van der Waals surface area contributed by atoms with E-state index in [0.717, 1.165) is 17.6 Å². The van der Waals surface area contributed by atoms with Crippen molar-refractivity contribution in [2.45, 2.75) is 102 Å². The number of rotatable bonds is 9. The zero-order valence-corrected chi connectivity index (χ0v) is 28.5. The molecule has 4 bridgehead atoms. The van der Waals surface area contributed by atoms with Crippen molar-refractivity contribution >= 4 is 17.9 Å². The highest BCUT2D eigenvalue weighted by Gasteiger charge is 2.69. The van der Waals surface area contributed by atoms with Crippen molar-refractivity contribution in [1.82, 2.24) is 0 Å². The Labute approximate surface area is 283 Å². The first-order chi connectivity index (χ1) is 23.0. The topological polar surface area (TPSA) is 118 Å². The van der Waals surface area contributed by atoms with Gasteiger partial charge in [-0.3, -0.25) is 4.79 Å². The summed E-state index contributed by atoms with van der Waals surface area (Å²) in [6, 6.07) is 9.98. The number of methoxy groups -OCH3 is 1. The van der Waals surface area contributed by atoms with Crippen molar-refractivity contribution in [2.75, 3.05) is 7.11 Å². The average Bonchev–Trinajstić information content (AvgIpc) is 3.67. The molecule has 1 aromatic carbocycles. The molecule has 258 valence electrons. The van der Waals surface area contributed by atoms with Crippen LogP contribution in [0.25, 0.3) is 0 Å². The third kappa shape index (κ3) is 6.32. The Hall–Kier alpha value is -3.53. The molecule has 3 aliphatic carbocycles. The number of aliphatic hydroxyl groups is 1. The average molecular weight is 661 g/mol. The van der Waals surface area contributed by atoms with Gasteiger partial charge in [0.25, 0.3) is 0 Å². The van der Waals surface area contributed by atoms with Gasteiger partial charge in [0, 0.05) is 48.7 Å². The van der Waals surface area contributed by atoms with Crippen molar-refractivity contribution in [3.05, 3.63) is 83.5 Å². The van der Waals surface area contributed by atoms with Crippen molar-refractivity contribution in [3.63, 3.8) is 0 Å². The highest BCUT2D eigenvalue weighted by Crippen LogP contribution is 2.61. The first-order valence-corrected chi connectivity index (χ1v) is 17.3. The fourth-order valence-electron chi connectivity index (χ4n) is 8.70. The van der Waals surface area contributed by atoms with E-state index in [4.69, 9.17) is 23.7 Å². The fourth-order valence-corrected chi connectivity index (χ4v) is 8.70. The van der Waals surface area contributed by atoms with E-state index >= 15 is 0 Å². The Morgan fingerprint density at radius 1 is 1.15 bits per heavy atom. The summed E-state index contributed by atoms with van der Waals surface area (Å²) in [7, 11) is 1.48. The van der Waals surface area contributed by atoms with E-state index < -0.39 is 54.2 Å². The molecule has 1 saturated heterocycles. The van der Waals surface area contributed by atoms with Crippen molar-refractivity contribution in [1.29, 1.82) is 0 Å². The molecule has 5 aliphatic rings. The maximum Gasteiger partial charge on any atom is 0.335 e. The molecule has 2 fully saturated rings. The van der Waals surface area contributed by atoms with Crippen molar-refractivity contribution in [3.8, 4) is 0 Å². The minimum atomic E-state index is -0.975. The highest BCUT2D eigenvalue weighted by molar-refractivity contribution is 5.90. The van der Waals surface area contributed by atoms with E-state index in [1.54, 1.807) is 13.0 Å². The number of esters is 3. The molecule has 0 radical (unpaired) electrons. The van der Waals surface area contributed by atoms with E-state index in [9.17, 15) is 19.5 Å². The molecule has 1 spiro atoms. The first-order valence-electron chi connectivity index (χ1n) is 17.3. The van der Waals surface area contributed by atoms with Crippen LogP contribution in [-0.4, -0.2) is 72.3 Å². The molecule has 48 heavy (non-hydrogen) atoms. The number of carbonyl (C=O) groups is 3. The lowest BCUT2D eigenvalue weighted by Crippen LogP contribution is -2.57. The minimum Gasteiger partial charge on any atom is -0.459 e. The van der Waals surface area contributed by atoms with Gasteiger partial charge in [0.1, 0.15) is 30.0 Å². The summed E-state index contributed by atoms with van der Waals surface area (Å²) < 4.78 is 30.8. The molecule has 0 amide bonds. The Bertz CT molecular complexity index is 1490. The zero-order valence-electron chi connectivity index (χ0n) is 28.5. The second kappa shape index (κ2) is 14.1. The summed E-state index contributed by atoms with van der Waals surface area (Å²) >= 11 is 0. The summed E-state index contributed by atoms with van der Waals surface area (Å²) in [5, 5.41) is 11.9. The SMILES string of the molecule is CO[C@H]1C[C@H]2C=C[C@H]3[C@H]4O[C@]2(/C(C)=C/[C@@H](C)[C@@H]([C@@H](C)OC(=O)CCCc2ccccc2)OC1=O)[C@@H]3[C@H](O)[C@@H](C)[C@H]4OC(=O)C1=CC=CC1. The van der Waals surface area contributed by atoms with Gasteiger partial charge in [-0.15, -0.1) is 0 Å². The second-order valence-corrected chi connectivity index (χ2v) is 14.1. The van der Waals surface area contributed by atoms with Crippen LogP contribution in [0.5, 0.6) is 0 Å². The van der Waals surface area contributed by atoms with Crippen LogP contribution in [0, 0.1) is 29.6 Å². The van der Waals surface area contributed by atoms with E-state index in [0.29, 0.717) is 18.4 Å². The molecule has 0 unspecified atom stereocenters. The Balaban J connectivity index is 1.25. The summed E-state index contributed by atoms with van der Waals surface area (Å²) in [5.41, 5.74) is 1.65. The van der Waals surface area contributed by atoms with Gasteiger partial charge < -0.3 is 28.8 Å². The normalized spacial score (nSPS) is 38.6. The maximum atomic E-state index is 13.7. The predicted octanol–water partition coefficient (Wildman–Crippen LogP) is 5.22. The molecule has 9 heteroatoms. The molecule has 1 N–H and O–H groups in total. The van der Waals surface area contributed by atoms with E-state index in [2.05, 4.69) is 12.2 Å². The van der Waals surface area contributed by atoms with E-state index in [1.165, 1.54) is 7.11 Å². The molecule has 0 aromatic heterocycles. The van der Waals surface area contributed by atoms with Gasteiger partial charge in [0.2, 0.25) is 0 Å².